The van der Waals surface area contributed by atoms with Gasteiger partial charge in [-0.1, -0.05) is 11.6 Å². The SMILES string of the molecule is Cc1nc(Cl)c2c(c1C)CC(C=O)=C2. The monoisotopic (exact) mass is 207 g/mol. The van der Waals surface area contributed by atoms with E-state index < -0.39 is 0 Å². The molecule has 1 aliphatic rings. The van der Waals surface area contributed by atoms with Crippen molar-refractivity contribution in [3.8, 4) is 0 Å². The van der Waals surface area contributed by atoms with Crippen molar-refractivity contribution < 1.29 is 4.79 Å². The molecule has 0 atom stereocenters. The Balaban J connectivity index is 2.64. The van der Waals surface area contributed by atoms with Crippen molar-refractivity contribution in [2.24, 2.45) is 0 Å². The molecule has 2 rings (SSSR count). The van der Waals surface area contributed by atoms with Crippen LogP contribution in [0, 0.1) is 13.8 Å². The normalized spacial score (nSPS) is 13.8. The van der Waals surface area contributed by atoms with Crippen molar-refractivity contribution >= 4 is 24.0 Å². The highest BCUT2D eigenvalue weighted by Gasteiger charge is 2.19. The fourth-order valence-corrected chi connectivity index (χ4v) is 2.02. The molecule has 0 aromatic carbocycles. The van der Waals surface area contributed by atoms with Gasteiger partial charge in [-0.25, -0.2) is 4.98 Å². The molecule has 72 valence electrons. The number of fused-ring (bicyclic) bond motifs is 1. The standard InChI is InChI=1S/C11H10ClNO/c1-6-7(2)13-11(12)10-4-8(5-14)3-9(6)10/h4-5H,3H2,1-2H3. The Morgan fingerprint density at radius 3 is 2.86 bits per heavy atom. The number of carbonyl (C=O) groups is 1. The van der Waals surface area contributed by atoms with Gasteiger partial charge in [0.15, 0.2) is 0 Å². The molecule has 1 heterocycles. The lowest BCUT2D eigenvalue weighted by molar-refractivity contribution is -0.104. The third-order valence-corrected chi connectivity index (χ3v) is 2.96. The topological polar surface area (TPSA) is 30.0 Å². The largest absolute Gasteiger partial charge is 0.298 e. The van der Waals surface area contributed by atoms with Crippen LogP contribution in [0.4, 0.5) is 0 Å². The molecule has 0 unspecified atom stereocenters. The first-order valence-corrected chi connectivity index (χ1v) is 4.82. The summed E-state index contributed by atoms with van der Waals surface area (Å²) in [5, 5.41) is 0.500. The quantitative estimate of drug-likeness (QED) is 0.523. The van der Waals surface area contributed by atoms with E-state index >= 15 is 0 Å². The molecule has 0 saturated carbocycles. The molecule has 0 saturated heterocycles. The molecule has 2 nitrogen and oxygen atoms in total. The van der Waals surface area contributed by atoms with Crippen LogP contribution in [-0.4, -0.2) is 11.3 Å². The summed E-state index contributed by atoms with van der Waals surface area (Å²) in [6, 6.07) is 0. The molecule has 0 radical (unpaired) electrons. The number of aryl methyl sites for hydroxylation is 1. The molecule has 0 spiro atoms. The van der Waals surface area contributed by atoms with E-state index in [2.05, 4.69) is 4.98 Å². The number of halogens is 1. The lowest BCUT2D eigenvalue weighted by atomic mass is 10.0. The zero-order chi connectivity index (χ0) is 10.3. The fraction of sp³-hybridized carbons (Fsp3) is 0.273. The molecular weight excluding hydrogens is 198 g/mol. The second-order valence-corrected chi connectivity index (χ2v) is 3.88. The first-order valence-electron chi connectivity index (χ1n) is 4.45. The van der Waals surface area contributed by atoms with Gasteiger partial charge in [0.05, 0.1) is 0 Å². The van der Waals surface area contributed by atoms with Crippen molar-refractivity contribution in [1.29, 1.82) is 0 Å². The van der Waals surface area contributed by atoms with Gasteiger partial charge in [-0.05, 0) is 36.6 Å². The van der Waals surface area contributed by atoms with Crippen molar-refractivity contribution in [2.75, 3.05) is 0 Å². The lowest BCUT2D eigenvalue weighted by Gasteiger charge is -2.07. The summed E-state index contributed by atoms with van der Waals surface area (Å²) in [5.41, 5.74) is 4.91. The zero-order valence-corrected chi connectivity index (χ0v) is 8.85. The first-order chi connectivity index (χ1) is 6.63. The molecule has 0 fully saturated rings. The number of hydrogen-bond donors (Lipinski definition) is 0. The number of nitrogens with zero attached hydrogens (tertiary/aromatic N) is 1. The highest BCUT2D eigenvalue weighted by molar-refractivity contribution is 6.31. The number of aldehydes is 1. The van der Waals surface area contributed by atoms with Gasteiger partial charge in [0.2, 0.25) is 0 Å². The van der Waals surface area contributed by atoms with Gasteiger partial charge in [-0.3, -0.25) is 4.79 Å². The third kappa shape index (κ3) is 1.26. The van der Waals surface area contributed by atoms with Gasteiger partial charge in [0, 0.05) is 17.7 Å². The van der Waals surface area contributed by atoms with Crippen LogP contribution in [0.1, 0.15) is 22.4 Å². The van der Waals surface area contributed by atoms with E-state index in [1.807, 2.05) is 19.9 Å². The Labute approximate surface area is 87.6 Å². The van der Waals surface area contributed by atoms with E-state index in [-0.39, 0.29) is 0 Å². The van der Waals surface area contributed by atoms with Crippen LogP contribution in [0.15, 0.2) is 5.57 Å². The predicted octanol–water partition coefficient (Wildman–Crippen LogP) is 2.49. The smallest absolute Gasteiger partial charge is 0.146 e. The van der Waals surface area contributed by atoms with Gasteiger partial charge in [0.25, 0.3) is 0 Å². The minimum atomic E-state index is 0.500. The number of allylic oxidation sites excluding steroid dienone is 1. The van der Waals surface area contributed by atoms with E-state index in [1.165, 1.54) is 0 Å². The molecular formula is C11H10ClNO. The molecule has 0 N–H and O–H groups in total. The first kappa shape index (κ1) is 9.41. The molecule has 1 aliphatic carbocycles. The Bertz CT molecular complexity index is 449. The minimum Gasteiger partial charge on any atom is -0.298 e. The van der Waals surface area contributed by atoms with E-state index in [1.54, 1.807) is 0 Å². The highest BCUT2D eigenvalue weighted by atomic mass is 35.5. The summed E-state index contributed by atoms with van der Waals surface area (Å²) in [7, 11) is 0. The molecule has 0 aliphatic heterocycles. The zero-order valence-electron chi connectivity index (χ0n) is 8.10. The average molecular weight is 208 g/mol. The van der Waals surface area contributed by atoms with Gasteiger partial charge in [-0.15, -0.1) is 0 Å². The van der Waals surface area contributed by atoms with Crippen LogP contribution in [0.3, 0.4) is 0 Å². The maximum atomic E-state index is 10.7. The van der Waals surface area contributed by atoms with E-state index in [9.17, 15) is 4.79 Å². The van der Waals surface area contributed by atoms with Gasteiger partial charge in [-0.2, -0.15) is 0 Å². The summed E-state index contributed by atoms with van der Waals surface area (Å²) in [6.07, 6.45) is 3.39. The van der Waals surface area contributed by atoms with Crippen LogP contribution in [-0.2, 0) is 11.2 Å². The van der Waals surface area contributed by atoms with Gasteiger partial charge < -0.3 is 0 Å². The number of pyridine rings is 1. The molecule has 3 heteroatoms. The van der Waals surface area contributed by atoms with Crippen molar-refractivity contribution in [3.63, 3.8) is 0 Å². The summed E-state index contributed by atoms with van der Waals surface area (Å²) < 4.78 is 0. The van der Waals surface area contributed by atoms with Crippen LogP contribution >= 0.6 is 11.6 Å². The van der Waals surface area contributed by atoms with Crippen LogP contribution in [0.25, 0.3) is 6.08 Å². The minimum absolute atomic E-state index is 0.500. The van der Waals surface area contributed by atoms with Crippen LogP contribution in [0.5, 0.6) is 0 Å². The highest BCUT2D eigenvalue weighted by Crippen LogP contribution is 2.32. The summed E-state index contributed by atoms with van der Waals surface area (Å²) in [5.74, 6) is 0. The molecule has 0 amide bonds. The Hall–Kier alpha value is -1.15. The van der Waals surface area contributed by atoms with Crippen LogP contribution in [0.2, 0.25) is 5.15 Å². The van der Waals surface area contributed by atoms with Gasteiger partial charge in [0.1, 0.15) is 11.4 Å². The summed E-state index contributed by atoms with van der Waals surface area (Å²) in [4.78, 5) is 14.9. The predicted molar refractivity (Wildman–Crippen MR) is 56.5 cm³/mol. The molecule has 14 heavy (non-hydrogen) atoms. The Morgan fingerprint density at radius 2 is 2.21 bits per heavy atom. The summed E-state index contributed by atoms with van der Waals surface area (Å²) >= 11 is 6.00. The Kier molecular flexibility index (Phi) is 2.16. The van der Waals surface area contributed by atoms with E-state index in [4.69, 9.17) is 11.6 Å². The number of aromatic nitrogens is 1. The second kappa shape index (κ2) is 3.21. The maximum absolute atomic E-state index is 10.7. The molecule has 1 aromatic heterocycles. The molecule has 1 aromatic rings. The van der Waals surface area contributed by atoms with Crippen LogP contribution < -0.4 is 0 Å². The molecule has 0 bridgehead atoms. The maximum Gasteiger partial charge on any atom is 0.146 e. The van der Waals surface area contributed by atoms with Gasteiger partial charge >= 0.3 is 0 Å². The summed E-state index contributed by atoms with van der Waals surface area (Å²) in [6.45, 7) is 3.94. The van der Waals surface area contributed by atoms with Crippen molar-refractivity contribution in [1.82, 2.24) is 4.98 Å². The van der Waals surface area contributed by atoms with Crippen molar-refractivity contribution in [3.05, 3.63) is 33.1 Å². The lowest BCUT2D eigenvalue weighted by Crippen LogP contribution is -1.97. The number of hydrogen-bond acceptors (Lipinski definition) is 2. The van der Waals surface area contributed by atoms with E-state index in [0.717, 1.165) is 34.2 Å². The second-order valence-electron chi connectivity index (χ2n) is 3.52. The fourth-order valence-electron chi connectivity index (χ4n) is 1.73. The number of carbonyl (C=O) groups excluding carboxylic acids is 1. The van der Waals surface area contributed by atoms with E-state index in [0.29, 0.717) is 11.6 Å². The third-order valence-electron chi connectivity index (χ3n) is 2.67. The van der Waals surface area contributed by atoms with Crippen molar-refractivity contribution in [2.45, 2.75) is 20.3 Å². The number of rotatable bonds is 1. The Morgan fingerprint density at radius 1 is 1.50 bits per heavy atom. The average Bonchev–Trinajstić information content (AvgIpc) is 2.58.